The quantitative estimate of drug-likeness (QED) is 0.145. The van der Waals surface area contributed by atoms with Gasteiger partial charge in [0.05, 0.1) is 18.4 Å². The topological polar surface area (TPSA) is 182 Å². The Hall–Kier alpha value is -5.96. The predicted octanol–water partition coefficient (Wildman–Crippen LogP) is 5.08. The van der Waals surface area contributed by atoms with E-state index in [2.05, 4.69) is 26.9 Å². The Morgan fingerprint density at radius 3 is 2.29 bits per heavy atom. The van der Waals surface area contributed by atoms with Crippen molar-refractivity contribution in [3.63, 3.8) is 0 Å². The maximum atomic E-state index is 14.7. The molecule has 14 nitrogen and oxygen atoms in total. The Morgan fingerprint density at radius 2 is 1.64 bits per heavy atom. The Balaban J connectivity index is 1.14. The van der Waals surface area contributed by atoms with Gasteiger partial charge in [-0.2, -0.15) is 0 Å². The van der Waals surface area contributed by atoms with Crippen molar-refractivity contribution in [2.24, 2.45) is 11.3 Å². The number of carbonyl (C=O) groups excluding carboxylic acids is 4. The summed E-state index contributed by atoms with van der Waals surface area (Å²) in [6.07, 6.45) is 2.63. The maximum absolute atomic E-state index is 14.7. The van der Waals surface area contributed by atoms with Crippen LogP contribution in [0.4, 0.5) is 4.79 Å². The van der Waals surface area contributed by atoms with Crippen LogP contribution in [0.1, 0.15) is 52.0 Å². The first-order chi connectivity index (χ1) is 28.1. The molecule has 2 heterocycles. The largest absolute Gasteiger partial charge is 0.497 e. The molecule has 3 aromatic carbocycles. The zero-order valence-corrected chi connectivity index (χ0v) is 34.3. The third-order valence-corrected chi connectivity index (χ3v) is 13.6. The highest BCUT2D eigenvalue weighted by Crippen LogP contribution is 2.48. The number of carbonyl (C=O) groups is 4. The second-order valence-corrected chi connectivity index (χ2v) is 18.7. The van der Waals surface area contributed by atoms with Crippen LogP contribution in [0.15, 0.2) is 104 Å². The Labute approximate surface area is 343 Å². The average molecular weight is 824 g/mol. The van der Waals surface area contributed by atoms with Crippen molar-refractivity contribution < 1.29 is 41.8 Å². The minimum absolute atomic E-state index is 0.00454. The first kappa shape index (κ1) is 41.2. The van der Waals surface area contributed by atoms with Crippen LogP contribution in [0.3, 0.4) is 0 Å². The second kappa shape index (κ2) is 16.0. The van der Waals surface area contributed by atoms with E-state index in [0.29, 0.717) is 24.5 Å². The molecular formula is C44H49N5O9S. The number of pyridine rings is 1. The summed E-state index contributed by atoms with van der Waals surface area (Å²) in [5, 5.41) is 7.16. The van der Waals surface area contributed by atoms with Crippen molar-refractivity contribution >= 4 is 44.6 Å². The fraction of sp³-hybridized carbons (Fsp3) is 0.386. The van der Waals surface area contributed by atoms with Gasteiger partial charge in [-0.25, -0.2) is 18.2 Å². The molecule has 4 aromatic rings. The standard InChI is InChI=1S/C44H49N5O9S/c1-6-30-26-44(30,40(52)48-59(54,55)43(21-22-43)25-28-12-8-7-9-13-28)47-37(50)35-24-33(57-38-34-15-11-10-14-29(34)20-23-45-38)27-49(35)39(51)36(42(2,3)4)46-41(53)58-32-18-16-31(56-5)17-19-32/h6-20,23,30,33,35-36H,1,21-22,24-27H2,2-5H3,(H,46,53)(H,47,50)(H,48,52)/t30-,33-,35+,36-,44-/m1/s1. The monoisotopic (exact) mass is 823 g/mol. The van der Waals surface area contributed by atoms with Crippen molar-refractivity contribution in [2.45, 2.75) is 81.3 Å². The number of methoxy groups -OCH3 is 1. The van der Waals surface area contributed by atoms with E-state index in [0.717, 1.165) is 16.3 Å². The summed E-state index contributed by atoms with van der Waals surface area (Å²) in [6, 6.07) is 22.6. The summed E-state index contributed by atoms with van der Waals surface area (Å²) in [7, 11) is -2.65. The van der Waals surface area contributed by atoms with E-state index >= 15 is 0 Å². The Bertz CT molecular complexity index is 2360. The van der Waals surface area contributed by atoms with E-state index in [-0.39, 0.29) is 31.6 Å². The highest BCUT2D eigenvalue weighted by atomic mass is 32.2. The molecule has 0 radical (unpaired) electrons. The fourth-order valence-electron chi connectivity index (χ4n) is 7.74. The SMILES string of the molecule is C=C[C@@H]1C[C@]1(NC(=O)[C@@H]1C[C@@H](Oc2nccc3ccccc23)CN1C(=O)[C@@H](NC(=O)Oc1ccc(OC)cc1)C(C)(C)C)C(=O)NS(=O)(=O)C1(Cc2ccccc2)CC1. The lowest BCUT2D eigenvalue weighted by molar-refractivity contribution is -0.142. The molecule has 4 amide bonds. The second-order valence-electron chi connectivity index (χ2n) is 16.6. The lowest BCUT2D eigenvalue weighted by Crippen LogP contribution is -2.60. The van der Waals surface area contributed by atoms with E-state index < -0.39 is 73.6 Å². The number of sulfonamides is 1. The van der Waals surface area contributed by atoms with Crippen molar-refractivity contribution in [1.29, 1.82) is 0 Å². The highest BCUT2D eigenvalue weighted by molar-refractivity contribution is 7.91. The first-order valence-electron chi connectivity index (χ1n) is 19.6. The van der Waals surface area contributed by atoms with Crippen LogP contribution in [0.25, 0.3) is 10.8 Å². The molecule has 5 atom stereocenters. The van der Waals surface area contributed by atoms with Crippen LogP contribution in [0.5, 0.6) is 17.4 Å². The molecule has 0 unspecified atom stereocenters. The molecule has 1 aromatic heterocycles. The molecule has 15 heteroatoms. The number of amides is 4. The van der Waals surface area contributed by atoms with Crippen molar-refractivity contribution in [3.8, 4) is 17.4 Å². The van der Waals surface area contributed by atoms with Gasteiger partial charge >= 0.3 is 6.09 Å². The molecule has 0 spiro atoms. The average Bonchev–Trinajstić information content (AvgIpc) is 4.11. The summed E-state index contributed by atoms with van der Waals surface area (Å²) >= 11 is 0. The number of aromatic nitrogens is 1. The molecule has 3 fully saturated rings. The van der Waals surface area contributed by atoms with E-state index in [9.17, 15) is 27.6 Å². The van der Waals surface area contributed by atoms with Gasteiger partial charge in [0.2, 0.25) is 27.7 Å². The highest BCUT2D eigenvalue weighted by Gasteiger charge is 2.63. The molecule has 1 aliphatic heterocycles. The van der Waals surface area contributed by atoms with Gasteiger partial charge in [-0.05, 0) is 78.4 Å². The van der Waals surface area contributed by atoms with Crippen molar-refractivity contribution in [1.82, 2.24) is 25.2 Å². The summed E-state index contributed by atoms with van der Waals surface area (Å²) in [5.41, 5.74) is -1.66. The number of ether oxygens (including phenoxy) is 3. The Morgan fingerprint density at radius 1 is 0.966 bits per heavy atom. The van der Waals surface area contributed by atoms with Gasteiger partial charge in [0, 0.05) is 23.9 Å². The molecule has 3 N–H and O–H groups in total. The number of hydrogen-bond acceptors (Lipinski definition) is 10. The van der Waals surface area contributed by atoms with Crippen molar-refractivity contribution in [3.05, 3.63) is 109 Å². The normalized spacial score (nSPS) is 22.4. The predicted molar refractivity (Wildman–Crippen MR) is 220 cm³/mol. The molecular weight excluding hydrogens is 775 g/mol. The van der Waals surface area contributed by atoms with Gasteiger partial charge in [-0.15, -0.1) is 6.58 Å². The maximum Gasteiger partial charge on any atom is 0.413 e. The van der Waals surface area contributed by atoms with Crippen molar-refractivity contribution in [2.75, 3.05) is 13.7 Å². The lowest BCUT2D eigenvalue weighted by Gasteiger charge is -2.35. The summed E-state index contributed by atoms with van der Waals surface area (Å²) in [6.45, 7) is 9.07. The van der Waals surface area contributed by atoms with Gasteiger partial charge in [0.15, 0.2) is 0 Å². The number of nitrogens with zero attached hydrogens (tertiary/aromatic N) is 2. The van der Waals surface area contributed by atoms with Gasteiger partial charge in [-0.1, -0.05) is 75.4 Å². The number of fused-ring (bicyclic) bond motifs is 1. The van der Waals surface area contributed by atoms with Crippen LogP contribution >= 0.6 is 0 Å². The molecule has 59 heavy (non-hydrogen) atoms. The lowest BCUT2D eigenvalue weighted by atomic mass is 9.85. The third kappa shape index (κ3) is 8.61. The zero-order chi connectivity index (χ0) is 42.2. The fourth-order valence-corrected chi connectivity index (χ4v) is 9.38. The molecule has 2 aliphatic carbocycles. The van der Waals surface area contributed by atoms with Crippen LogP contribution in [-0.4, -0.2) is 84.2 Å². The molecule has 7 rings (SSSR count). The van der Waals surface area contributed by atoms with Gasteiger partial charge in [0.1, 0.15) is 35.2 Å². The molecule has 0 bridgehead atoms. The summed E-state index contributed by atoms with van der Waals surface area (Å²) in [5.74, 6) is -1.61. The van der Waals surface area contributed by atoms with Gasteiger partial charge < -0.3 is 29.7 Å². The summed E-state index contributed by atoms with van der Waals surface area (Å²) < 4.78 is 45.8. The minimum atomic E-state index is -4.16. The summed E-state index contributed by atoms with van der Waals surface area (Å²) in [4.78, 5) is 62.3. The molecule has 2 saturated carbocycles. The van der Waals surface area contributed by atoms with Crippen LogP contribution in [0.2, 0.25) is 0 Å². The number of likely N-dealkylation sites (tertiary alicyclic amines) is 1. The number of benzene rings is 3. The van der Waals surface area contributed by atoms with E-state index in [1.165, 1.54) is 18.1 Å². The third-order valence-electron chi connectivity index (χ3n) is 11.4. The van der Waals surface area contributed by atoms with Crippen LogP contribution < -0.4 is 29.6 Å². The first-order valence-corrected chi connectivity index (χ1v) is 21.0. The van der Waals surface area contributed by atoms with Crippen LogP contribution in [-0.2, 0) is 30.8 Å². The van der Waals surface area contributed by atoms with Gasteiger partial charge in [-0.3, -0.25) is 19.1 Å². The minimum Gasteiger partial charge on any atom is -0.497 e. The number of rotatable bonds is 14. The molecule has 3 aliphatic rings. The zero-order valence-electron chi connectivity index (χ0n) is 33.5. The van der Waals surface area contributed by atoms with Crippen LogP contribution in [0, 0.1) is 11.3 Å². The Kier molecular flexibility index (Phi) is 11.2. The number of nitrogens with one attached hydrogen (secondary N) is 3. The number of hydrogen-bond donors (Lipinski definition) is 3. The van der Waals surface area contributed by atoms with E-state index in [1.54, 1.807) is 51.2 Å². The molecule has 1 saturated heterocycles. The molecule has 310 valence electrons. The van der Waals surface area contributed by atoms with E-state index in [4.69, 9.17) is 14.2 Å². The van der Waals surface area contributed by atoms with E-state index in [1.807, 2.05) is 60.7 Å². The van der Waals surface area contributed by atoms with Gasteiger partial charge in [0.25, 0.3) is 5.91 Å². The smallest absolute Gasteiger partial charge is 0.413 e.